The molecular weight excluding hydrogens is 391 g/mol. The number of hydrogen-bond acceptors (Lipinski definition) is 0. The molecule has 3 aromatic carbocycles. The van der Waals surface area contributed by atoms with Crippen LogP contribution in [0.3, 0.4) is 0 Å². The van der Waals surface area contributed by atoms with Crippen molar-refractivity contribution in [3.63, 3.8) is 0 Å². The van der Waals surface area contributed by atoms with Crippen LogP contribution in [0.4, 0.5) is 0 Å². The van der Waals surface area contributed by atoms with Gasteiger partial charge >= 0.3 is 0 Å². The summed E-state index contributed by atoms with van der Waals surface area (Å²) in [4.78, 5) is 0. The Hall–Kier alpha value is -1.91. The van der Waals surface area contributed by atoms with Crippen LogP contribution in [0.1, 0.15) is 75.6 Å². The van der Waals surface area contributed by atoms with Crippen LogP contribution in [0, 0.1) is 0 Å². The summed E-state index contributed by atoms with van der Waals surface area (Å²) in [5.74, 6) is 0. The number of benzene rings is 3. The summed E-state index contributed by atoms with van der Waals surface area (Å²) < 4.78 is 0. The normalized spacial score (nSPS) is 11.1. The zero-order chi connectivity index (χ0) is 22.2. The molecule has 3 rings (SSSR count). The second-order valence-corrected chi connectivity index (χ2v) is 9.28. The minimum Gasteiger partial charge on any atom is -0.105 e. The van der Waals surface area contributed by atoms with Crippen molar-refractivity contribution >= 4 is 14.5 Å². The van der Waals surface area contributed by atoms with E-state index in [2.05, 4.69) is 91.5 Å². The molecule has 1 atom stereocenters. The molecule has 0 radical (unpaired) electrons. The summed E-state index contributed by atoms with van der Waals surface area (Å²) >= 11 is 0. The summed E-state index contributed by atoms with van der Waals surface area (Å²) in [6, 6.07) is 20.7. The molecule has 3 aromatic rings. The van der Waals surface area contributed by atoms with E-state index in [1.54, 1.807) is 11.1 Å². The first-order valence-corrected chi connectivity index (χ1v) is 12.8. The molecule has 1 unspecified atom stereocenters. The van der Waals surface area contributed by atoms with Crippen LogP contribution in [0.5, 0.6) is 0 Å². The maximum absolute atomic E-state index is 3.02. The Morgan fingerprint density at radius 1 is 0.516 bits per heavy atom. The van der Waals surface area contributed by atoms with Gasteiger partial charge in [0.25, 0.3) is 0 Å². The highest BCUT2D eigenvalue weighted by Gasteiger charge is 2.18. The summed E-state index contributed by atoms with van der Waals surface area (Å²) in [5.41, 5.74) is 11.8. The number of rotatable bonds is 10. The van der Waals surface area contributed by atoms with Gasteiger partial charge in [0.2, 0.25) is 0 Å². The van der Waals surface area contributed by atoms with Crippen molar-refractivity contribution in [3.8, 4) is 22.3 Å². The van der Waals surface area contributed by atoms with Crippen molar-refractivity contribution in [1.29, 1.82) is 0 Å². The van der Waals surface area contributed by atoms with Crippen LogP contribution in [0.15, 0.2) is 54.6 Å². The molecule has 0 heterocycles. The molecule has 164 valence electrons. The average Bonchev–Trinajstić information content (AvgIpc) is 2.77. The lowest BCUT2D eigenvalue weighted by Gasteiger charge is -2.22. The number of aryl methyl sites for hydroxylation is 2. The first-order valence-electron chi connectivity index (χ1n) is 12.3. The third-order valence-corrected chi connectivity index (χ3v) is 6.72. The van der Waals surface area contributed by atoms with Crippen molar-refractivity contribution in [3.05, 3.63) is 76.9 Å². The van der Waals surface area contributed by atoms with Gasteiger partial charge in [-0.05, 0) is 75.5 Å². The first kappa shape index (κ1) is 23.7. The van der Waals surface area contributed by atoms with Gasteiger partial charge in [0.05, 0.1) is 0 Å². The fourth-order valence-corrected chi connectivity index (χ4v) is 5.37. The fraction of sp³-hybridized carbons (Fsp3) is 0.400. The molecule has 0 saturated carbocycles. The fourth-order valence-electron chi connectivity index (χ4n) is 4.95. The van der Waals surface area contributed by atoms with Crippen LogP contribution in [0.2, 0.25) is 0 Å². The van der Waals surface area contributed by atoms with Crippen LogP contribution < -0.4 is 5.30 Å². The molecule has 31 heavy (non-hydrogen) atoms. The van der Waals surface area contributed by atoms with E-state index in [4.69, 9.17) is 0 Å². The Labute approximate surface area is 192 Å². The summed E-state index contributed by atoms with van der Waals surface area (Å²) in [5, 5.41) is 1.30. The molecular formula is C30H39P. The van der Waals surface area contributed by atoms with E-state index in [-0.39, 0.29) is 0 Å². The van der Waals surface area contributed by atoms with Crippen LogP contribution in [0.25, 0.3) is 22.3 Å². The Morgan fingerprint density at radius 2 is 0.968 bits per heavy atom. The van der Waals surface area contributed by atoms with Gasteiger partial charge in [0.15, 0.2) is 0 Å². The number of hydrogen-bond donors (Lipinski definition) is 0. The molecule has 0 amide bonds. The Kier molecular flexibility index (Phi) is 8.91. The monoisotopic (exact) mass is 430 g/mol. The molecule has 0 aromatic heterocycles. The molecule has 0 saturated heterocycles. The topological polar surface area (TPSA) is 0 Å². The van der Waals surface area contributed by atoms with Gasteiger partial charge in [0.1, 0.15) is 0 Å². The average molecular weight is 431 g/mol. The first-order chi connectivity index (χ1) is 15.2. The van der Waals surface area contributed by atoms with E-state index in [0.29, 0.717) is 0 Å². The molecule has 0 N–H and O–H groups in total. The van der Waals surface area contributed by atoms with Gasteiger partial charge in [0, 0.05) is 0 Å². The third-order valence-electron chi connectivity index (χ3n) is 6.24. The highest BCUT2D eigenvalue weighted by Crippen LogP contribution is 2.38. The Bertz CT molecular complexity index is 999. The van der Waals surface area contributed by atoms with Gasteiger partial charge in [-0.2, -0.15) is 0 Å². The van der Waals surface area contributed by atoms with E-state index in [9.17, 15) is 0 Å². The smallest absolute Gasteiger partial charge is 0.00307 e. The molecule has 0 fully saturated rings. The molecule has 0 aliphatic carbocycles. The maximum Gasteiger partial charge on any atom is -0.00307 e. The molecule has 0 aliphatic rings. The minimum atomic E-state index is 1.14. The lowest BCUT2D eigenvalue weighted by molar-refractivity contribution is 0.862. The van der Waals surface area contributed by atoms with E-state index in [1.807, 2.05) is 0 Å². The van der Waals surface area contributed by atoms with Gasteiger partial charge in [-0.25, -0.2) is 0 Å². The van der Waals surface area contributed by atoms with E-state index >= 15 is 0 Å². The largest absolute Gasteiger partial charge is 0.105 e. The summed E-state index contributed by atoms with van der Waals surface area (Å²) in [6.45, 7) is 9.17. The molecule has 0 spiro atoms. The van der Waals surface area contributed by atoms with Crippen LogP contribution >= 0.6 is 9.24 Å². The highest BCUT2D eigenvalue weighted by molar-refractivity contribution is 7.28. The highest BCUT2D eigenvalue weighted by atomic mass is 31.0. The SMILES string of the molecule is CCCc1cccc(-c2cccc(P)c2-c2cccc(CCC)c2CCC)c1CCC. The van der Waals surface area contributed by atoms with Crippen LogP contribution in [-0.2, 0) is 25.7 Å². The molecule has 0 aliphatic heterocycles. The van der Waals surface area contributed by atoms with Crippen molar-refractivity contribution < 1.29 is 0 Å². The van der Waals surface area contributed by atoms with Gasteiger partial charge in [-0.15, -0.1) is 9.24 Å². The third kappa shape index (κ3) is 5.30. The van der Waals surface area contributed by atoms with Gasteiger partial charge in [-0.1, -0.05) is 108 Å². The van der Waals surface area contributed by atoms with E-state index < -0.39 is 0 Å². The van der Waals surface area contributed by atoms with Crippen molar-refractivity contribution in [2.75, 3.05) is 0 Å². The van der Waals surface area contributed by atoms with Gasteiger partial charge in [-0.3, -0.25) is 0 Å². The van der Waals surface area contributed by atoms with E-state index in [1.165, 1.54) is 64.4 Å². The summed E-state index contributed by atoms with van der Waals surface area (Å²) in [6.07, 6.45) is 9.33. The van der Waals surface area contributed by atoms with Crippen molar-refractivity contribution in [1.82, 2.24) is 0 Å². The Balaban J connectivity index is 2.29. The van der Waals surface area contributed by atoms with Gasteiger partial charge < -0.3 is 0 Å². The zero-order valence-corrected chi connectivity index (χ0v) is 21.1. The lowest BCUT2D eigenvalue weighted by atomic mass is 9.84. The molecule has 1 heteroatoms. The lowest BCUT2D eigenvalue weighted by Crippen LogP contribution is -2.06. The molecule has 0 bridgehead atoms. The standard InChI is InChI=1S/C30H39P/c1-5-12-22-16-9-18-26(24(22)14-7-3)28-20-11-21-29(31)30(28)27-19-10-17-23(13-6-2)25(27)15-8-4/h9-11,16-21H,5-8,12-15,31H2,1-4H3. The maximum atomic E-state index is 3.02. The minimum absolute atomic E-state index is 1.14. The van der Waals surface area contributed by atoms with Crippen LogP contribution in [-0.4, -0.2) is 0 Å². The summed E-state index contributed by atoms with van der Waals surface area (Å²) in [7, 11) is 3.02. The second kappa shape index (κ2) is 11.6. The Morgan fingerprint density at radius 3 is 1.52 bits per heavy atom. The predicted octanol–water partition coefficient (Wildman–Crippen LogP) is 8.33. The van der Waals surface area contributed by atoms with Crippen molar-refractivity contribution in [2.24, 2.45) is 0 Å². The second-order valence-electron chi connectivity index (χ2n) is 8.66. The quantitative estimate of drug-likeness (QED) is 0.284. The molecule has 0 nitrogen and oxygen atoms in total. The van der Waals surface area contributed by atoms with Crippen molar-refractivity contribution in [2.45, 2.75) is 79.1 Å². The predicted molar refractivity (Wildman–Crippen MR) is 143 cm³/mol. The van der Waals surface area contributed by atoms with E-state index in [0.717, 1.165) is 25.7 Å². The zero-order valence-electron chi connectivity index (χ0n) is 19.9.